The smallest absolute Gasteiger partial charge is 1.00 e. The van der Waals surface area contributed by atoms with E-state index < -0.39 is 5.97 Å². The SMILES string of the molecule is CCC(CC)C(=O)O.[Ca+2].[H-].[H-]. The van der Waals surface area contributed by atoms with Gasteiger partial charge in [-0.25, -0.2) is 0 Å². The Hall–Kier alpha value is 0.730. The maximum Gasteiger partial charge on any atom is 2.00 e. The van der Waals surface area contributed by atoms with E-state index in [-0.39, 0.29) is 46.5 Å². The summed E-state index contributed by atoms with van der Waals surface area (Å²) in [6.07, 6.45) is 1.48. The first-order valence-electron chi connectivity index (χ1n) is 2.95. The fourth-order valence-corrected chi connectivity index (χ4v) is 0.638. The predicted octanol–water partition coefficient (Wildman–Crippen LogP) is 1.35. The van der Waals surface area contributed by atoms with Crippen molar-refractivity contribution in [3.05, 3.63) is 0 Å². The molecule has 0 aromatic rings. The molecule has 0 aliphatic carbocycles. The average Bonchev–Trinajstić information content (AvgIpc) is 1.69. The fraction of sp³-hybridized carbons (Fsp3) is 0.833. The van der Waals surface area contributed by atoms with Gasteiger partial charge in [0, 0.05) is 0 Å². The Kier molecular flexibility index (Phi) is 9.44. The third kappa shape index (κ3) is 5.19. The second-order valence-electron chi connectivity index (χ2n) is 1.85. The first-order chi connectivity index (χ1) is 3.72. The third-order valence-corrected chi connectivity index (χ3v) is 1.33. The molecule has 0 heterocycles. The Morgan fingerprint density at radius 3 is 1.89 bits per heavy atom. The van der Waals surface area contributed by atoms with Crippen molar-refractivity contribution in [2.75, 3.05) is 0 Å². The number of rotatable bonds is 3. The number of carbonyl (C=O) groups is 1. The molecular weight excluding hydrogens is 144 g/mol. The van der Waals surface area contributed by atoms with Crippen LogP contribution < -0.4 is 0 Å². The van der Waals surface area contributed by atoms with Crippen molar-refractivity contribution in [2.45, 2.75) is 26.7 Å². The van der Waals surface area contributed by atoms with Crippen LogP contribution in [0.25, 0.3) is 0 Å². The zero-order chi connectivity index (χ0) is 6.57. The van der Waals surface area contributed by atoms with Gasteiger partial charge in [-0.05, 0) is 12.8 Å². The zero-order valence-corrected chi connectivity index (χ0v) is 8.26. The van der Waals surface area contributed by atoms with E-state index >= 15 is 0 Å². The van der Waals surface area contributed by atoms with Gasteiger partial charge in [-0.15, -0.1) is 0 Å². The summed E-state index contributed by atoms with van der Waals surface area (Å²) in [6, 6.07) is 0. The summed E-state index contributed by atoms with van der Waals surface area (Å²) in [6.45, 7) is 3.78. The van der Waals surface area contributed by atoms with Gasteiger partial charge in [-0.2, -0.15) is 0 Å². The van der Waals surface area contributed by atoms with Gasteiger partial charge in [0.05, 0.1) is 5.92 Å². The Bertz CT molecular complexity index is 86.7. The van der Waals surface area contributed by atoms with E-state index in [0.29, 0.717) is 0 Å². The van der Waals surface area contributed by atoms with E-state index in [1.807, 2.05) is 13.8 Å². The number of carboxylic acid groups (broad SMARTS) is 1. The molecule has 0 saturated carbocycles. The van der Waals surface area contributed by atoms with E-state index in [1.54, 1.807) is 0 Å². The van der Waals surface area contributed by atoms with Crippen molar-refractivity contribution in [3.8, 4) is 0 Å². The van der Waals surface area contributed by atoms with Crippen LogP contribution in [0, 0.1) is 5.92 Å². The average molecular weight is 158 g/mol. The maximum absolute atomic E-state index is 10.2. The van der Waals surface area contributed by atoms with Gasteiger partial charge < -0.3 is 7.96 Å². The monoisotopic (exact) mass is 158 g/mol. The molecule has 2 nitrogen and oxygen atoms in total. The molecule has 0 aliphatic heterocycles. The molecular formula is C6H14CaO2. The van der Waals surface area contributed by atoms with Crippen molar-refractivity contribution in [2.24, 2.45) is 5.92 Å². The van der Waals surface area contributed by atoms with Crippen LogP contribution in [0.5, 0.6) is 0 Å². The van der Waals surface area contributed by atoms with Gasteiger partial charge in [0.15, 0.2) is 0 Å². The van der Waals surface area contributed by atoms with E-state index in [0.717, 1.165) is 12.8 Å². The summed E-state index contributed by atoms with van der Waals surface area (Å²) in [5.74, 6) is -0.801. The van der Waals surface area contributed by atoms with E-state index in [1.165, 1.54) is 0 Å². The minimum absolute atomic E-state index is 0. The predicted molar refractivity (Wildman–Crippen MR) is 39.7 cm³/mol. The molecule has 0 unspecified atom stereocenters. The van der Waals surface area contributed by atoms with Crippen molar-refractivity contribution >= 4 is 43.7 Å². The molecule has 0 radical (unpaired) electrons. The van der Waals surface area contributed by atoms with Crippen LogP contribution in [0.2, 0.25) is 0 Å². The van der Waals surface area contributed by atoms with Crippen LogP contribution in [-0.4, -0.2) is 48.8 Å². The number of hydrogen-bond acceptors (Lipinski definition) is 1. The van der Waals surface area contributed by atoms with Crippen molar-refractivity contribution in [3.63, 3.8) is 0 Å². The molecule has 0 bridgehead atoms. The molecule has 0 fully saturated rings. The Morgan fingerprint density at radius 2 is 1.89 bits per heavy atom. The van der Waals surface area contributed by atoms with Crippen molar-refractivity contribution < 1.29 is 12.8 Å². The number of carboxylic acids is 1. The summed E-state index contributed by atoms with van der Waals surface area (Å²) in [5.41, 5.74) is 0. The van der Waals surface area contributed by atoms with Gasteiger partial charge in [0.2, 0.25) is 0 Å². The van der Waals surface area contributed by atoms with Gasteiger partial charge in [0.25, 0.3) is 0 Å². The van der Waals surface area contributed by atoms with E-state index in [4.69, 9.17) is 5.11 Å². The Balaban J connectivity index is -0.0000000817. The number of hydrogen-bond donors (Lipinski definition) is 1. The zero-order valence-electron chi connectivity index (χ0n) is 8.05. The summed E-state index contributed by atoms with van der Waals surface area (Å²) < 4.78 is 0. The molecule has 3 heteroatoms. The van der Waals surface area contributed by atoms with Gasteiger partial charge in [0.1, 0.15) is 0 Å². The summed E-state index contributed by atoms with van der Waals surface area (Å²) in [4.78, 5) is 10.2. The van der Waals surface area contributed by atoms with Crippen molar-refractivity contribution in [1.82, 2.24) is 0 Å². The Morgan fingerprint density at radius 1 is 1.56 bits per heavy atom. The van der Waals surface area contributed by atoms with E-state index in [9.17, 15) is 4.79 Å². The second-order valence-corrected chi connectivity index (χ2v) is 1.85. The molecule has 0 aromatic carbocycles. The first-order valence-corrected chi connectivity index (χ1v) is 2.95. The minimum Gasteiger partial charge on any atom is -1.00 e. The summed E-state index contributed by atoms with van der Waals surface area (Å²) >= 11 is 0. The van der Waals surface area contributed by atoms with Crippen LogP contribution in [0.3, 0.4) is 0 Å². The van der Waals surface area contributed by atoms with Crippen LogP contribution in [0.4, 0.5) is 0 Å². The van der Waals surface area contributed by atoms with Crippen LogP contribution in [0.15, 0.2) is 0 Å². The topological polar surface area (TPSA) is 37.3 Å². The summed E-state index contributed by atoms with van der Waals surface area (Å²) in [7, 11) is 0. The maximum atomic E-state index is 10.2. The standard InChI is InChI=1S/C6H12O2.Ca.2H/c1-3-5(4-2)6(7)8;;;/h5H,3-4H2,1-2H3,(H,7,8);;;/q;+2;2*-1. The Labute approximate surface area is 88.6 Å². The quantitative estimate of drug-likeness (QED) is 0.629. The second kappa shape index (κ2) is 6.84. The van der Waals surface area contributed by atoms with Gasteiger partial charge >= 0.3 is 43.7 Å². The molecule has 9 heavy (non-hydrogen) atoms. The molecule has 0 atom stereocenters. The minimum atomic E-state index is -0.671. The molecule has 0 spiro atoms. The van der Waals surface area contributed by atoms with Gasteiger partial charge in [-0.3, -0.25) is 4.79 Å². The summed E-state index contributed by atoms with van der Waals surface area (Å²) in [5, 5.41) is 8.37. The fourth-order valence-electron chi connectivity index (χ4n) is 0.638. The molecule has 52 valence electrons. The largest absolute Gasteiger partial charge is 2.00 e. The van der Waals surface area contributed by atoms with Crippen LogP contribution in [0.1, 0.15) is 29.5 Å². The normalized spacial score (nSPS) is 8.78. The van der Waals surface area contributed by atoms with Crippen molar-refractivity contribution in [1.29, 1.82) is 0 Å². The molecule has 0 aromatic heterocycles. The molecule has 0 saturated heterocycles. The molecule has 0 aliphatic rings. The molecule has 0 amide bonds. The molecule has 1 N–H and O–H groups in total. The van der Waals surface area contributed by atoms with E-state index in [2.05, 4.69) is 0 Å². The first kappa shape index (κ1) is 12.4. The van der Waals surface area contributed by atoms with Crippen LogP contribution >= 0.6 is 0 Å². The number of aliphatic carboxylic acids is 1. The van der Waals surface area contributed by atoms with Gasteiger partial charge in [-0.1, -0.05) is 13.8 Å². The van der Waals surface area contributed by atoms with Crippen LogP contribution in [-0.2, 0) is 4.79 Å². The molecule has 0 rings (SSSR count). The third-order valence-electron chi connectivity index (χ3n) is 1.33.